The molecular weight excluding hydrogens is 275 g/mol. The van der Waals surface area contributed by atoms with Crippen molar-refractivity contribution in [2.75, 3.05) is 24.5 Å². The molecule has 4 heteroatoms. The monoisotopic (exact) mass is 290 g/mol. The molecule has 2 aromatic carbocycles. The number of piperazine rings is 1. The summed E-state index contributed by atoms with van der Waals surface area (Å²) in [6.45, 7) is 2.35. The summed E-state index contributed by atoms with van der Waals surface area (Å²) in [7, 11) is 0. The fourth-order valence-electron chi connectivity index (χ4n) is 2.71. The van der Waals surface area contributed by atoms with E-state index in [9.17, 15) is 4.39 Å². The van der Waals surface area contributed by atoms with Crippen LogP contribution in [-0.2, 0) is 0 Å². The van der Waals surface area contributed by atoms with Crippen LogP contribution in [0.25, 0.3) is 0 Å². The van der Waals surface area contributed by atoms with Gasteiger partial charge in [0.15, 0.2) is 0 Å². The molecule has 1 N–H and O–H groups in total. The lowest BCUT2D eigenvalue weighted by Crippen LogP contribution is -2.46. The summed E-state index contributed by atoms with van der Waals surface area (Å²) < 4.78 is 14.2. The van der Waals surface area contributed by atoms with Gasteiger partial charge in [-0.2, -0.15) is 0 Å². The van der Waals surface area contributed by atoms with Crippen molar-refractivity contribution in [1.82, 2.24) is 5.32 Å². The SMILES string of the molecule is Fc1cccc(Cl)c1N1CCNCC1c1ccccc1. The topological polar surface area (TPSA) is 15.3 Å². The maximum absolute atomic E-state index is 14.2. The fraction of sp³-hybridized carbons (Fsp3) is 0.250. The molecule has 2 nitrogen and oxygen atoms in total. The number of rotatable bonds is 2. The Balaban J connectivity index is 2.01. The van der Waals surface area contributed by atoms with Gasteiger partial charge in [0.2, 0.25) is 0 Å². The average Bonchev–Trinajstić information content (AvgIpc) is 2.48. The third kappa shape index (κ3) is 2.51. The second kappa shape index (κ2) is 5.81. The van der Waals surface area contributed by atoms with Crippen LogP contribution in [-0.4, -0.2) is 19.6 Å². The molecule has 0 bridgehead atoms. The van der Waals surface area contributed by atoms with Gasteiger partial charge in [-0.05, 0) is 17.7 Å². The zero-order chi connectivity index (χ0) is 13.9. The Morgan fingerprint density at radius 2 is 1.90 bits per heavy atom. The van der Waals surface area contributed by atoms with Crippen LogP contribution in [0.3, 0.4) is 0 Å². The number of nitrogens with zero attached hydrogens (tertiary/aromatic N) is 1. The highest BCUT2D eigenvalue weighted by Crippen LogP contribution is 2.35. The van der Waals surface area contributed by atoms with E-state index < -0.39 is 0 Å². The van der Waals surface area contributed by atoms with Gasteiger partial charge in [0, 0.05) is 19.6 Å². The lowest BCUT2D eigenvalue weighted by atomic mass is 10.0. The molecule has 0 aromatic heterocycles. The summed E-state index contributed by atoms with van der Waals surface area (Å²) in [6.07, 6.45) is 0. The number of hydrogen-bond acceptors (Lipinski definition) is 2. The zero-order valence-electron chi connectivity index (χ0n) is 11.0. The Morgan fingerprint density at radius 3 is 2.65 bits per heavy atom. The van der Waals surface area contributed by atoms with Crippen molar-refractivity contribution < 1.29 is 4.39 Å². The summed E-state index contributed by atoms with van der Waals surface area (Å²) in [4.78, 5) is 2.06. The first-order valence-electron chi connectivity index (χ1n) is 6.73. The highest BCUT2D eigenvalue weighted by molar-refractivity contribution is 6.33. The van der Waals surface area contributed by atoms with Crippen molar-refractivity contribution >= 4 is 17.3 Å². The van der Waals surface area contributed by atoms with E-state index in [0.717, 1.165) is 19.6 Å². The summed E-state index contributed by atoms with van der Waals surface area (Å²) in [6, 6.07) is 15.1. The number of anilines is 1. The minimum absolute atomic E-state index is 0.0966. The first-order chi connectivity index (χ1) is 9.77. The predicted octanol–water partition coefficient (Wildman–Crippen LogP) is 3.63. The van der Waals surface area contributed by atoms with E-state index in [-0.39, 0.29) is 11.9 Å². The first-order valence-corrected chi connectivity index (χ1v) is 7.11. The van der Waals surface area contributed by atoms with Crippen LogP contribution in [0.2, 0.25) is 5.02 Å². The van der Waals surface area contributed by atoms with Gasteiger partial charge in [-0.15, -0.1) is 0 Å². The molecule has 1 atom stereocenters. The van der Waals surface area contributed by atoms with Crippen LogP contribution in [0.1, 0.15) is 11.6 Å². The van der Waals surface area contributed by atoms with E-state index in [1.807, 2.05) is 18.2 Å². The normalized spacial score (nSPS) is 19.1. The standard InChI is InChI=1S/C16H16ClFN2/c17-13-7-4-8-14(18)16(13)20-10-9-19-11-15(20)12-5-2-1-3-6-12/h1-8,15,19H,9-11H2. The van der Waals surface area contributed by atoms with Crippen molar-refractivity contribution in [3.8, 4) is 0 Å². The third-order valence-corrected chi connectivity index (χ3v) is 3.96. The number of benzene rings is 2. The van der Waals surface area contributed by atoms with Crippen LogP contribution >= 0.6 is 11.6 Å². The molecule has 20 heavy (non-hydrogen) atoms. The van der Waals surface area contributed by atoms with Crippen molar-refractivity contribution in [1.29, 1.82) is 0 Å². The first kappa shape index (κ1) is 13.4. The van der Waals surface area contributed by atoms with E-state index in [1.165, 1.54) is 11.6 Å². The van der Waals surface area contributed by atoms with Gasteiger partial charge < -0.3 is 10.2 Å². The summed E-state index contributed by atoms with van der Waals surface area (Å²) in [5.74, 6) is -0.264. The highest BCUT2D eigenvalue weighted by Gasteiger charge is 2.27. The Bertz CT molecular complexity index is 568. The quantitative estimate of drug-likeness (QED) is 0.908. The van der Waals surface area contributed by atoms with Crippen LogP contribution in [0.5, 0.6) is 0 Å². The second-order valence-corrected chi connectivity index (χ2v) is 5.30. The molecule has 0 aliphatic carbocycles. The molecule has 1 aliphatic rings. The number of para-hydroxylation sites is 1. The van der Waals surface area contributed by atoms with Gasteiger partial charge >= 0.3 is 0 Å². The molecule has 0 spiro atoms. The molecule has 1 aliphatic heterocycles. The zero-order valence-corrected chi connectivity index (χ0v) is 11.8. The van der Waals surface area contributed by atoms with Crippen LogP contribution in [0.15, 0.2) is 48.5 Å². The minimum atomic E-state index is -0.264. The van der Waals surface area contributed by atoms with Crippen molar-refractivity contribution in [3.63, 3.8) is 0 Å². The number of nitrogens with one attached hydrogen (secondary N) is 1. The maximum Gasteiger partial charge on any atom is 0.148 e. The Kier molecular flexibility index (Phi) is 3.90. The molecule has 1 unspecified atom stereocenters. The molecule has 1 fully saturated rings. The van der Waals surface area contributed by atoms with Crippen molar-refractivity contribution in [3.05, 3.63) is 64.9 Å². The van der Waals surface area contributed by atoms with Crippen LogP contribution in [0.4, 0.5) is 10.1 Å². The Labute approximate surface area is 123 Å². The average molecular weight is 291 g/mol. The molecule has 0 saturated carbocycles. The lowest BCUT2D eigenvalue weighted by molar-refractivity contribution is 0.480. The van der Waals surface area contributed by atoms with Gasteiger partial charge in [0.1, 0.15) is 5.82 Å². The molecule has 1 saturated heterocycles. The van der Waals surface area contributed by atoms with Crippen LogP contribution < -0.4 is 10.2 Å². The molecular formula is C16H16ClFN2. The van der Waals surface area contributed by atoms with Gasteiger partial charge in [0.25, 0.3) is 0 Å². The largest absolute Gasteiger partial charge is 0.358 e. The van der Waals surface area contributed by atoms with E-state index in [1.54, 1.807) is 12.1 Å². The molecule has 0 amide bonds. The Hall–Kier alpha value is -1.58. The minimum Gasteiger partial charge on any atom is -0.358 e. The summed E-state index contributed by atoms with van der Waals surface area (Å²) >= 11 is 6.21. The van der Waals surface area contributed by atoms with E-state index in [4.69, 9.17) is 11.6 Å². The van der Waals surface area contributed by atoms with Crippen molar-refractivity contribution in [2.45, 2.75) is 6.04 Å². The highest BCUT2D eigenvalue weighted by atomic mass is 35.5. The third-order valence-electron chi connectivity index (χ3n) is 3.65. The Morgan fingerprint density at radius 1 is 1.10 bits per heavy atom. The summed E-state index contributed by atoms with van der Waals surface area (Å²) in [5, 5.41) is 3.83. The lowest BCUT2D eigenvalue weighted by Gasteiger charge is -2.38. The van der Waals surface area contributed by atoms with Gasteiger partial charge in [-0.25, -0.2) is 4.39 Å². The van der Waals surface area contributed by atoms with Gasteiger partial charge in [-0.1, -0.05) is 48.0 Å². The predicted molar refractivity (Wildman–Crippen MR) is 80.8 cm³/mol. The number of hydrogen-bond donors (Lipinski definition) is 1. The smallest absolute Gasteiger partial charge is 0.148 e. The van der Waals surface area contributed by atoms with Gasteiger partial charge in [0.05, 0.1) is 16.8 Å². The van der Waals surface area contributed by atoms with E-state index in [2.05, 4.69) is 22.3 Å². The molecule has 1 heterocycles. The van der Waals surface area contributed by atoms with E-state index >= 15 is 0 Å². The molecule has 3 rings (SSSR count). The molecule has 2 aromatic rings. The van der Waals surface area contributed by atoms with Gasteiger partial charge in [-0.3, -0.25) is 0 Å². The molecule has 104 valence electrons. The van der Waals surface area contributed by atoms with Crippen molar-refractivity contribution in [2.24, 2.45) is 0 Å². The van der Waals surface area contributed by atoms with E-state index in [0.29, 0.717) is 10.7 Å². The number of halogens is 2. The van der Waals surface area contributed by atoms with Crippen LogP contribution in [0, 0.1) is 5.82 Å². The maximum atomic E-state index is 14.2. The molecule has 0 radical (unpaired) electrons. The summed E-state index contributed by atoms with van der Waals surface area (Å²) in [5.41, 5.74) is 1.67. The second-order valence-electron chi connectivity index (χ2n) is 4.89. The fourth-order valence-corrected chi connectivity index (χ4v) is 2.98.